The maximum absolute atomic E-state index is 6.17. The van der Waals surface area contributed by atoms with Crippen LogP contribution in [0.1, 0.15) is 37.5 Å². The van der Waals surface area contributed by atoms with Crippen molar-refractivity contribution in [3.8, 4) is 0 Å². The van der Waals surface area contributed by atoms with Gasteiger partial charge in [-0.05, 0) is 68.7 Å². The molecule has 0 aliphatic carbocycles. The minimum atomic E-state index is 0.0331. The number of anilines is 1. The highest BCUT2D eigenvalue weighted by molar-refractivity contribution is 6.31. The second-order valence-electron chi connectivity index (χ2n) is 7.01. The van der Waals surface area contributed by atoms with Crippen molar-refractivity contribution in [2.45, 2.75) is 33.2 Å². The van der Waals surface area contributed by atoms with Crippen molar-refractivity contribution in [1.82, 2.24) is 0 Å². The number of aliphatic imine (C=N–C) groups is 1. The molecule has 3 heteroatoms. The fourth-order valence-electron chi connectivity index (χ4n) is 3.07. The molecule has 0 amide bonds. The highest BCUT2D eigenvalue weighted by atomic mass is 35.5. The van der Waals surface area contributed by atoms with Crippen molar-refractivity contribution < 1.29 is 0 Å². The van der Waals surface area contributed by atoms with Crippen LogP contribution in [-0.4, -0.2) is 18.8 Å². The van der Waals surface area contributed by atoms with Crippen LogP contribution in [0.15, 0.2) is 47.5 Å². The molecule has 2 aromatic carbocycles. The van der Waals surface area contributed by atoms with E-state index in [0.29, 0.717) is 0 Å². The first-order chi connectivity index (χ1) is 11.3. The minimum absolute atomic E-state index is 0.0331. The molecule has 0 spiro atoms. The third kappa shape index (κ3) is 3.11. The molecule has 0 N–H and O–H groups in total. The van der Waals surface area contributed by atoms with Crippen LogP contribution in [0.2, 0.25) is 5.02 Å². The van der Waals surface area contributed by atoms with Gasteiger partial charge in [-0.25, -0.2) is 0 Å². The first-order valence-electron chi connectivity index (χ1n) is 8.16. The van der Waals surface area contributed by atoms with E-state index in [4.69, 9.17) is 11.6 Å². The molecule has 0 saturated heterocycles. The zero-order valence-electron chi connectivity index (χ0n) is 14.9. The largest absolute Gasteiger partial charge is 0.366 e. The molecule has 0 atom stereocenters. The summed E-state index contributed by atoms with van der Waals surface area (Å²) in [5.74, 6) is 0. The molecule has 1 heterocycles. The molecule has 2 aromatic rings. The lowest BCUT2D eigenvalue weighted by atomic mass is 9.89. The van der Waals surface area contributed by atoms with E-state index >= 15 is 0 Å². The van der Waals surface area contributed by atoms with Crippen LogP contribution >= 0.6 is 11.6 Å². The Kier molecular flexibility index (Phi) is 4.27. The lowest BCUT2D eigenvalue weighted by Crippen LogP contribution is -2.42. The van der Waals surface area contributed by atoms with Gasteiger partial charge in [-0.15, -0.1) is 0 Å². The Labute approximate surface area is 149 Å². The first kappa shape index (κ1) is 16.8. The van der Waals surface area contributed by atoms with E-state index in [1.807, 2.05) is 31.3 Å². The Morgan fingerprint density at radius 1 is 1.08 bits per heavy atom. The number of fused-ring (bicyclic) bond motifs is 1. The fraction of sp³-hybridized carbons (Fsp3) is 0.286. The summed E-state index contributed by atoms with van der Waals surface area (Å²) in [6, 6.07) is 12.4. The van der Waals surface area contributed by atoms with E-state index in [-0.39, 0.29) is 5.54 Å². The summed E-state index contributed by atoms with van der Waals surface area (Å²) in [4.78, 5) is 6.87. The second kappa shape index (κ2) is 6.10. The van der Waals surface area contributed by atoms with Gasteiger partial charge in [0.25, 0.3) is 0 Å². The summed E-state index contributed by atoms with van der Waals surface area (Å²) in [5.41, 5.74) is 6.89. The zero-order valence-corrected chi connectivity index (χ0v) is 15.6. The number of benzene rings is 2. The van der Waals surface area contributed by atoms with Crippen molar-refractivity contribution in [3.63, 3.8) is 0 Å². The average Bonchev–Trinajstić information content (AvgIpc) is 2.53. The third-order valence-corrected chi connectivity index (χ3v) is 5.17. The van der Waals surface area contributed by atoms with Crippen LogP contribution in [-0.2, 0) is 0 Å². The highest BCUT2D eigenvalue weighted by Crippen LogP contribution is 2.38. The van der Waals surface area contributed by atoms with Crippen LogP contribution in [0.25, 0.3) is 5.57 Å². The molecular formula is C21H23ClN2. The summed E-state index contributed by atoms with van der Waals surface area (Å²) in [6.07, 6.45) is 4.21. The van der Waals surface area contributed by atoms with Gasteiger partial charge in [0.15, 0.2) is 0 Å². The Balaban J connectivity index is 1.93. The number of likely N-dealkylation sites (N-methyl/N-ethyl adjacent to an activating group) is 1. The number of aryl methyl sites for hydroxylation is 1. The molecule has 0 unspecified atom stereocenters. The Morgan fingerprint density at radius 2 is 1.83 bits per heavy atom. The number of nitrogens with zero attached hydrogens (tertiary/aromatic N) is 2. The second-order valence-corrected chi connectivity index (χ2v) is 7.42. The smallest absolute Gasteiger partial charge is 0.0644 e. The van der Waals surface area contributed by atoms with E-state index in [0.717, 1.165) is 21.8 Å². The summed E-state index contributed by atoms with van der Waals surface area (Å²) >= 11 is 6.17. The van der Waals surface area contributed by atoms with Crippen LogP contribution < -0.4 is 4.90 Å². The van der Waals surface area contributed by atoms with E-state index in [2.05, 4.69) is 62.0 Å². The average molecular weight is 339 g/mol. The molecule has 0 fully saturated rings. The van der Waals surface area contributed by atoms with Crippen molar-refractivity contribution in [3.05, 3.63) is 64.2 Å². The van der Waals surface area contributed by atoms with Gasteiger partial charge in [0, 0.05) is 29.5 Å². The molecule has 2 nitrogen and oxygen atoms in total. The molecule has 0 aromatic heterocycles. The van der Waals surface area contributed by atoms with E-state index in [9.17, 15) is 0 Å². The van der Waals surface area contributed by atoms with Crippen LogP contribution in [0.5, 0.6) is 0 Å². The minimum Gasteiger partial charge on any atom is -0.366 e. The van der Waals surface area contributed by atoms with Gasteiger partial charge < -0.3 is 4.90 Å². The number of rotatable bonds is 2. The summed E-state index contributed by atoms with van der Waals surface area (Å²) in [6.45, 7) is 8.63. The molecule has 1 aliphatic heterocycles. The SMILES string of the molecule is CC1=CC(C)(C)N(C)c2ccc(C=Nc3ccc(C)c(Cl)c3)cc21. The van der Waals surface area contributed by atoms with Gasteiger partial charge in [0.05, 0.1) is 11.2 Å². The number of allylic oxidation sites excluding steroid dienone is 1. The monoisotopic (exact) mass is 338 g/mol. The molecule has 0 saturated carbocycles. The molecule has 1 aliphatic rings. The van der Waals surface area contributed by atoms with Gasteiger partial charge in [-0.3, -0.25) is 4.99 Å². The van der Waals surface area contributed by atoms with Crippen molar-refractivity contribution in [1.29, 1.82) is 0 Å². The highest BCUT2D eigenvalue weighted by Gasteiger charge is 2.28. The lowest BCUT2D eigenvalue weighted by molar-refractivity contribution is 0.598. The van der Waals surface area contributed by atoms with Crippen molar-refractivity contribution in [2.24, 2.45) is 4.99 Å². The predicted octanol–water partition coefficient (Wildman–Crippen LogP) is 6.03. The Morgan fingerprint density at radius 3 is 2.54 bits per heavy atom. The number of halogens is 1. The van der Waals surface area contributed by atoms with Crippen LogP contribution in [0.3, 0.4) is 0 Å². The fourth-order valence-corrected chi connectivity index (χ4v) is 3.24. The van der Waals surface area contributed by atoms with Gasteiger partial charge in [0.1, 0.15) is 0 Å². The maximum atomic E-state index is 6.17. The number of hydrogen-bond acceptors (Lipinski definition) is 2. The summed E-state index contributed by atoms with van der Waals surface area (Å²) in [7, 11) is 2.14. The molecular weight excluding hydrogens is 316 g/mol. The lowest BCUT2D eigenvalue weighted by Gasteiger charge is -2.40. The molecule has 0 radical (unpaired) electrons. The molecule has 3 rings (SSSR count). The third-order valence-electron chi connectivity index (χ3n) is 4.76. The predicted molar refractivity (Wildman–Crippen MR) is 106 cm³/mol. The van der Waals surface area contributed by atoms with Crippen LogP contribution in [0, 0.1) is 6.92 Å². The molecule has 124 valence electrons. The van der Waals surface area contributed by atoms with E-state index in [1.54, 1.807) is 0 Å². The topological polar surface area (TPSA) is 15.6 Å². The summed E-state index contributed by atoms with van der Waals surface area (Å²) in [5, 5.41) is 0.748. The standard InChI is InChI=1S/C21H23ClN2/c1-14-6-8-17(11-19(14)22)23-13-16-7-9-20-18(10-16)15(2)12-21(3,4)24(20)5/h6-13H,1-5H3. The Bertz CT molecular complexity index is 847. The first-order valence-corrected chi connectivity index (χ1v) is 8.54. The normalized spacial score (nSPS) is 16.2. The van der Waals surface area contributed by atoms with Gasteiger partial charge in [-0.2, -0.15) is 0 Å². The Hall–Kier alpha value is -2.06. The quantitative estimate of drug-likeness (QED) is 0.610. The van der Waals surface area contributed by atoms with Gasteiger partial charge in [0.2, 0.25) is 0 Å². The van der Waals surface area contributed by atoms with Gasteiger partial charge >= 0.3 is 0 Å². The summed E-state index contributed by atoms with van der Waals surface area (Å²) < 4.78 is 0. The van der Waals surface area contributed by atoms with Gasteiger partial charge in [-0.1, -0.05) is 29.8 Å². The molecule has 0 bridgehead atoms. The van der Waals surface area contributed by atoms with Crippen molar-refractivity contribution in [2.75, 3.05) is 11.9 Å². The van der Waals surface area contributed by atoms with Crippen LogP contribution in [0.4, 0.5) is 11.4 Å². The zero-order chi connectivity index (χ0) is 17.5. The molecule has 24 heavy (non-hydrogen) atoms. The van der Waals surface area contributed by atoms with Crippen molar-refractivity contribution >= 4 is 34.8 Å². The van der Waals surface area contributed by atoms with E-state index < -0.39 is 0 Å². The van der Waals surface area contributed by atoms with E-state index in [1.165, 1.54) is 16.8 Å². The maximum Gasteiger partial charge on any atom is 0.0644 e. The number of hydrogen-bond donors (Lipinski definition) is 0.